The molecule has 0 aliphatic heterocycles. The van der Waals surface area contributed by atoms with E-state index < -0.39 is 0 Å². The number of rotatable bonds is 5. The van der Waals surface area contributed by atoms with Crippen molar-refractivity contribution < 1.29 is 0 Å². The van der Waals surface area contributed by atoms with Crippen LogP contribution in [-0.2, 0) is 0 Å². The molecular weight excluding hydrogens is 416 g/mol. The monoisotopic (exact) mass is 436 g/mol. The number of imidazole rings is 1. The number of anilines is 3. The molecule has 4 aromatic heterocycles. The second kappa shape index (κ2) is 8.40. The Hall–Kier alpha value is -3.37. The molecule has 11 heteroatoms. The molecule has 1 aliphatic rings. The lowest BCUT2D eigenvalue weighted by Crippen LogP contribution is -2.33. The summed E-state index contributed by atoms with van der Waals surface area (Å²) in [4.78, 5) is 21.3. The Balaban J connectivity index is 1.35. The molecule has 0 amide bonds. The number of halogens is 1. The van der Waals surface area contributed by atoms with Gasteiger partial charge in [0.25, 0.3) is 0 Å². The number of nitrogens with zero attached hydrogens (tertiary/aromatic N) is 7. The number of nitrogens with two attached hydrogens (primary N) is 1. The van der Waals surface area contributed by atoms with Crippen LogP contribution in [0, 0.1) is 0 Å². The van der Waals surface area contributed by atoms with Gasteiger partial charge in [0.1, 0.15) is 5.82 Å². The summed E-state index contributed by atoms with van der Waals surface area (Å²) < 4.78 is 1.80. The fraction of sp³-hybridized carbons (Fsp3) is 0.300. The van der Waals surface area contributed by atoms with Gasteiger partial charge in [-0.3, -0.25) is 5.32 Å². The van der Waals surface area contributed by atoms with E-state index >= 15 is 0 Å². The first-order valence-corrected chi connectivity index (χ1v) is 10.5. The summed E-state index contributed by atoms with van der Waals surface area (Å²) in [6.45, 7) is 0. The third-order valence-electron chi connectivity index (χ3n) is 5.28. The Morgan fingerprint density at radius 3 is 2.26 bits per heavy atom. The maximum Gasteiger partial charge on any atom is 0.229 e. The van der Waals surface area contributed by atoms with E-state index in [0.717, 1.165) is 48.4 Å². The van der Waals surface area contributed by atoms with E-state index in [2.05, 4.69) is 35.6 Å². The number of aromatic nitrogens is 7. The van der Waals surface area contributed by atoms with Crippen molar-refractivity contribution in [1.29, 1.82) is 0 Å². The van der Waals surface area contributed by atoms with Crippen LogP contribution in [0.4, 0.5) is 17.7 Å². The number of hydrogen-bond acceptors (Lipinski definition) is 9. The highest BCUT2D eigenvalue weighted by molar-refractivity contribution is 6.30. The molecule has 0 spiro atoms. The zero-order valence-electron chi connectivity index (χ0n) is 16.6. The van der Waals surface area contributed by atoms with Gasteiger partial charge < -0.3 is 11.1 Å². The zero-order chi connectivity index (χ0) is 21.2. The van der Waals surface area contributed by atoms with Crippen molar-refractivity contribution in [1.82, 2.24) is 34.5 Å². The average Bonchev–Trinajstić information content (AvgIpc) is 3.21. The molecule has 0 saturated heterocycles. The Labute approximate surface area is 183 Å². The topological polar surface area (TPSA) is 132 Å². The van der Waals surface area contributed by atoms with Crippen LogP contribution in [0.5, 0.6) is 0 Å². The first-order chi connectivity index (χ1) is 15.1. The summed E-state index contributed by atoms with van der Waals surface area (Å²) >= 11 is 5.80. The van der Waals surface area contributed by atoms with E-state index in [1.54, 1.807) is 23.1 Å². The average molecular weight is 437 g/mol. The summed E-state index contributed by atoms with van der Waals surface area (Å²) in [5, 5.41) is 11.7. The Bertz CT molecular complexity index is 1170. The second-order valence-electron chi connectivity index (χ2n) is 7.53. The number of hydrogen-bond donors (Lipinski definition) is 3. The Morgan fingerprint density at radius 1 is 0.871 bits per heavy atom. The molecule has 0 radical (unpaired) electrons. The third-order valence-corrected chi connectivity index (χ3v) is 5.47. The maximum atomic E-state index is 6.01. The van der Waals surface area contributed by atoms with Gasteiger partial charge in [0.05, 0.1) is 29.3 Å². The minimum absolute atomic E-state index is 0.317. The van der Waals surface area contributed by atoms with Crippen LogP contribution in [-0.4, -0.2) is 46.6 Å². The molecule has 4 N–H and O–H groups in total. The lowest BCUT2D eigenvalue weighted by atomic mass is 9.92. The molecule has 1 fully saturated rings. The van der Waals surface area contributed by atoms with Crippen LogP contribution in [0.25, 0.3) is 16.9 Å². The summed E-state index contributed by atoms with van der Waals surface area (Å²) in [5.74, 6) is 1.56. The van der Waals surface area contributed by atoms with Gasteiger partial charge in [0, 0.05) is 30.0 Å². The van der Waals surface area contributed by atoms with Gasteiger partial charge in [-0.2, -0.15) is 0 Å². The first-order valence-electron chi connectivity index (χ1n) is 10.1. The first kappa shape index (κ1) is 19.6. The SMILES string of the molecule is NC1CCC(Nc2ccc3ncc(-c4cnc(Nc5ncc(Cl)cn5)nc4)n3n2)CC1. The summed E-state index contributed by atoms with van der Waals surface area (Å²) in [5.41, 5.74) is 8.36. The summed E-state index contributed by atoms with van der Waals surface area (Å²) in [6, 6.07) is 4.61. The lowest BCUT2D eigenvalue weighted by Gasteiger charge is -2.27. The van der Waals surface area contributed by atoms with Crippen molar-refractivity contribution in [3.05, 3.63) is 48.1 Å². The number of fused-ring (bicyclic) bond motifs is 1. The van der Waals surface area contributed by atoms with Crippen molar-refractivity contribution in [2.45, 2.75) is 37.8 Å². The quantitative estimate of drug-likeness (QED) is 0.431. The highest BCUT2D eigenvalue weighted by atomic mass is 35.5. The standard InChI is InChI=1S/C20H21ClN10/c21-13-9-26-20(27-10-13)29-19-24-7-12(8-25-19)16-11-23-18-6-5-17(30-31(16)18)28-15-3-1-14(22)2-4-15/h5-11,14-15H,1-4,22H2,(H,28,30)(H,24,25,26,27,29). The highest BCUT2D eigenvalue weighted by Gasteiger charge is 2.19. The highest BCUT2D eigenvalue weighted by Crippen LogP contribution is 2.23. The van der Waals surface area contributed by atoms with Crippen molar-refractivity contribution in [3.8, 4) is 11.3 Å². The van der Waals surface area contributed by atoms with Crippen LogP contribution < -0.4 is 16.4 Å². The molecule has 4 heterocycles. The molecule has 0 unspecified atom stereocenters. The maximum absolute atomic E-state index is 6.01. The van der Waals surface area contributed by atoms with Crippen molar-refractivity contribution in [2.75, 3.05) is 10.6 Å². The predicted molar refractivity (Wildman–Crippen MR) is 118 cm³/mol. The van der Waals surface area contributed by atoms with Crippen LogP contribution in [0.3, 0.4) is 0 Å². The van der Waals surface area contributed by atoms with Crippen LogP contribution >= 0.6 is 11.6 Å². The third kappa shape index (κ3) is 4.39. The minimum Gasteiger partial charge on any atom is -0.366 e. The lowest BCUT2D eigenvalue weighted by molar-refractivity contribution is 0.410. The van der Waals surface area contributed by atoms with Crippen LogP contribution in [0.15, 0.2) is 43.1 Å². The molecule has 10 nitrogen and oxygen atoms in total. The molecule has 5 rings (SSSR count). The second-order valence-corrected chi connectivity index (χ2v) is 7.97. The van der Waals surface area contributed by atoms with Gasteiger partial charge in [-0.1, -0.05) is 11.6 Å². The number of nitrogens with one attached hydrogen (secondary N) is 2. The van der Waals surface area contributed by atoms with Gasteiger partial charge in [-0.25, -0.2) is 29.4 Å². The largest absolute Gasteiger partial charge is 0.366 e. The molecule has 0 atom stereocenters. The van der Waals surface area contributed by atoms with Crippen molar-refractivity contribution >= 4 is 35.0 Å². The van der Waals surface area contributed by atoms with Crippen molar-refractivity contribution in [2.24, 2.45) is 5.73 Å². The molecule has 1 saturated carbocycles. The molecule has 0 aromatic carbocycles. The normalized spacial score (nSPS) is 18.8. The smallest absolute Gasteiger partial charge is 0.229 e. The van der Waals surface area contributed by atoms with E-state index in [0.29, 0.717) is 29.0 Å². The molecule has 4 aromatic rings. The van der Waals surface area contributed by atoms with Gasteiger partial charge in [-0.15, -0.1) is 5.10 Å². The van der Waals surface area contributed by atoms with Crippen LogP contribution in [0.1, 0.15) is 25.7 Å². The Morgan fingerprint density at radius 2 is 1.55 bits per heavy atom. The molecule has 31 heavy (non-hydrogen) atoms. The minimum atomic E-state index is 0.317. The van der Waals surface area contributed by atoms with Gasteiger partial charge in [-0.05, 0) is 37.8 Å². The fourth-order valence-electron chi connectivity index (χ4n) is 3.62. The van der Waals surface area contributed by atoms with E-state index in [1.165, 1.54) is 12.4 Å². The zero-order valence-corrected chi connectivity index (χ0v) is 17.4. The van der Waals surface area contributed by atoms with Crippen molar-refractivity contribution in [3.63, 3.8) is 0 Å². The van der Waals surface area contributed by atoms with Gasteiger partial charge in [0.15, 0.2) is 5.65 Å². The van der Waals surface area contributed by atoms with Crippen LogP contribution in [0.2, 0.25) is 5.02 Å². The van der Waals surface area contributed by atoms with E-state index in [-0.39, 0.29) is 0 Å². The molecular formula is C20H21ClN10. The molecule has 158 valence electrons. The summed E-state index contributed by atoms with van der Waals surface area (Å²) in [6.07, 6.45) is 12.4. The predicted octanol–water partition coefficient (Wildman–Crippen LogP) is 3.06. The van der Waals surface area contributed by atoms with Gasteiger partial charge in [0.2, 0.25) is 11.9 Å². The summed E-state index contributed by atoms with van der Waals surface area (Å²) in [7, 11) is 0. The molecule has 0 bridgehead atoms. The fourth-order valence-corrected chi connectivity index (χ4v) is 3.72. The molecule has 1 aliphatic carbocycles. The van der Waals surface area contributed by atoms with E-state index in [4.69, 9.17) is 22.4 Å². The Kier molecular flexibility index (Phi) is 5.31. The van der Waals surface area contributed by atoms with E-state index in [1.807, 2.05) is 12.1 Å². The van der Waals surface area contributed by atoms with Gasteiger partial charge >= 0.3 is 0 Å². The van der Waals surface area contributed by atoms with E-state index in [9.17, 15) is 0 Å².